The fraction of sp³-hybridized carbons (Fsp3) is 0.423. The lowest BCUT2D eigenvalue weighted by atomic mass is 10.1. The van der Waals surface area contributed by atoms with Crippen molar-refractivity contribution in [3.63, 3.8) is 0 Å². The highest BCUT2D eigenvalue weighted by molar-refractivity contribution is 7.89. The number of aromatic amines is 1. The molecule has 1 aliphatic rings. The van der Waals surface area contributed by atoms with Crippen LogP contribution >= 0.6 is 0 Å². The van der Waals surface area contributed by atoms with Gasteiger partial charge in [-0.25, -0.2) is 18.2 Å². The van der Waals surface area contributed by atoms with Gasteiger partial charge in [-0.15, -0.1) is 0 Å². The van der Waals surface area contributed by atoms with E-state index >= 15 is 0 Å². The number of piperidine rings is 1. The summed E-state index contributed by atoms with van der Waals surface area (Å²) in [4.78, 5) is 33.2. The molecule has 1 saturated heterocycles. The number of nitrogens with zero attached hydrogens (tertiary/aromatic N) is 2. The zero-order valence-electron chi connectivity index (χ0n) is 22.3. The first-order valence-electron chi connectivity index (χ1n) is 12.8. The maximum absolute atomic E-state index is 13.6. The van der Waals surface area contributed by atoms with Crippen molar-refractivity contribution < 1.29 is 37.3 Å². The second-order valence-corrected chi connectivity index (χ2v) is 11.0. The normalized spacial score (nSPS) is 16.4. The van der Waals surface area contributed by atoms with Crippen molar-refractivity contribution in [3.05, 3.63) is 42.7 Å². The van der Waals surface area contributed by atoms with Crippen LogP contribution in [0.25, 0.3) is 10.8 Å². The molecule has 14 heteroatoms. The Labute approximate surface area is 231 Å². The number of carbonyl (C=O) groups excluding carboxylic acids is 1. The SMILES string of the molecule is COc1cc2ccc(S(=O)(=O)N[C@@H](CCCNc3ncc[nH]3)C(=O)N3CCCC[C@H]3OC(=O)O)cc2cc1OC. The van der Waals surface area contributed by atoms with Gasteiger partial charge < -0.3 is 34.5 Å². The summed E-state index contributed by atoms with van der Waals surface area (Å²) in [6.45, 7) is 0.683. The van der Waals surface area contributed by atoms with Gasteiger partial charge in [-0.2, -0.15) is 4.72 Å². The van der Waals surface area contributed by atoms with Crippen LogP contribution in [0.15, 0.2) is 47.6 Å². The number of sulfonamides is 1. The Morgan fingerprint density at radius 3 is 2.58 bits per heavy atom. The summed E-state index contributed by atoms with van der Waals surface area (Å²) >= 11 is 0. The van der Waals surface area contributed by atoms with Crippen molar-refractivity contribution in [3.8, 4) is 11.5 Å². The van der Waals surface area contributed by atoms with Gasteiger partial charge in [-0.3, -0.25) is 4.79 Å². The zero-order valence-corrected chi connectivity index (χ0v) is 23.1. The highest BCUT2D eigenvalue weighted by Gasteiger charge is 2.35. The first-order chi connectivity index (χ1) is 19.2. The molecule has 3 aromatic rings. The lowest BCUT2D eigenvalue weighted by molar-refractivity contribution is -0.147. The van der Waals surface area contributed by atoms with E-state index in [9.17, 15) is 18.0 Å². The molecule has 1 fully saturated rings. The standard InChI is InChI=1S/C26H33N5O8S/c1-37-21-15-17-8-9-19(14-18(17)16-22(21)38-2)40(35,36)30-20(6-5-10-27-25-28-11-12-29-25)24(32)31-13-4-3-7-23(31)39-26(33)34/h8-9,11-12,14-16,20,23,30H,3-7,10,13H2,1-2H3,(H,33,34)(H2,27,28,29)/t20-,23+/m0/s1. The van der Waals surface area contributed by atoms with Crippen molar-refractivity contribution in [2.75, 3.05) is 32.6 Å². The van der Waals surface area contributed by atoms with E-state index in [1.165, 1.54) is 31.3 Å². The Hall–Kier alpha value is -4.04. The van der Waals surface area contributed by atoms with Gasteiger partial charge in [-0.05, 0) is 60.7 Å². The fourth-order valence-electron chi connectivity index (χ4n) is 4.68. The number of benzene rings is 2. The fourth-order valence-corrected chi connectivity index (χ4v) is 5.93. The number of carbonyl (C=O) groups is 2. The van der Waals surface area contributed by atoms with E-state index < -0.39 is 34.4 Å². The van der Waals surface area contributed by atoms with Gasteiger partial charge in [0.2, 0.25) is 15.9 Å². The number of amides is 1. The highest BCUT2D eigenvalue weighted by Crippen LogP contribution is 2.33. The maximum Gasteiger partial charge on any atom is 0.507 e. The van der Waals surface area contributed by atoms with Crippen LogP contribution in [0.3, 0.4) is 0 Å². The molecule has 2 aromatic carbocycles. The second kappa shape index (κ2) is 12.9. The Kier molecular flexibility index (Phi) is 9.32. The monoisotopic (exact) mass is 575 g/mol. The minimum atomic E-state index is -4.16. The highest BCUT2D eigenvalue weighted by atomic mass is 32.2. The van der Waals surface area contributed by atoms with Crippen molar-refractivity contribution >= 4 is 38.8 Å². The van der Waals surface area contributed by atoms with Gasteiger partial charge in [0.15, 0.2) is 23.7 Å². The van der Waals surface area contributed by atoms with E-state index in [0.717, 1.165) is 5.39 Å². The summed E-state index contributed by atoms with van der Waals surface area (Å²) in [5.74, 6) is 0.971. The van der Waals surface area contributed by atoms with Crippen LogP contribution in [0.5, 0.6) is 11.5 Å². The first kappa shape index (κ1) is 29.0. The predicted octanol–water partition coefficient (Wildman–Crippen LogP) is 3.15. The van der Waals surface area contributed by atoms with Gasteiger partial charge in [-0.1, -0.05) is 6.07 Å². The van der Waals surface area contributed by atoms with E-state index in [4.69, 9.17) is 19.3 Å². The smallest absolute Gasteiger partial charge is 0.493 e. The number of anilines is 1. The Balaban J connectivity index is 1.57. The molecule has 40 heavy (non-hydrogen) atoms. The minimum absolute atomic E-state index is 0.0317. The number of H-pyrrole nitrogens is 1. The molecular weight excluding hydrogens is 542 g/mol. The van der Waals surface area contributed by atoms with Crippen molar-refractivity contribution in [1.82, 2.24) is 19.6 Å². The predicted molar refractivity (Wildman–Crippen MR) is 146 cm³/mol. The summed E-state index contributed by atoms with van der Waals surface area (Å²) in [5.41, 5.74) is 0. The van der Waals surface area contributed by atoms with E-state index in [2.05, 4.69) is 20.0 Å². The molecule has 0 spiro atoms. The lowest BCUT2D eigenvalue weighted by Gasteiger charge is -2.36. The van der Waals surface area contributed by atoms with Crippen LogP contribution in [0.1, 0.15) is 32.1 Å². The molecule has 1 aliphatic heterocycles. The summed E-state index contributed by atoms with van der Waals surface area (Å²) in [5, 5.41) is 13.6. The van der Waals surface area contributed by atoms with Crippen molar-refractivity contribution in [2.24, 2.45) is 0 Å². The van der Waals surface area contributed by atoms with Crippen LogP contribution in [0.2, 0.25) is 0 Å². The first-order valence-corrected chi connectivity index (χ1v) is 14.3. The number of rotatable bonds is 12. The van der Waals surface area contributed by atoms with Crippen molar-refractivity contribution in [2.45, 2.75) is 49.3 Å². The largest absolute Gasteiger partial charge is 0.507 e. The van der Waals surface area contributed by atoms with Crippen LogP contribution in [-0.4, -0.2) is 80.0 Å². The third kappa shape index (κ3) is 6.93. The number of methoxy groups -OCH3 is 2. The Morgan fingerprint density at radius 1 is 1.15 bits per heavy atom. The summed E-state index contributed by atoms with van der Waals surface area (Å²) in [7, 11) is -1.15. The topological polar surface area (TPSA) is 172 Å². The number of hydrogen-bond donors (Lipinski definition) is 4. The third-order valence-corrected chi connectivity index (χ3v) is 8.12. The number of aromatic nitrogens is 2. The molecule has 0 radical (unpaired) electrons. The van der Waals surface area contributed by atoms with E-state index in [1.54, 1.807) is 30.6 Å². The van der Waals surface area contributed by atoms with E-state index in [-0.39, 0.29) is 17.9 Å². The van der Waals surface area contributed by atoms with Gasteiger partial charge in [0.1, 0.15) is 6.04 Å². The number of carboxylic acid groups (broad SMARTS) is 1. The van der Waals surface area contributed by atoms with E-state index in [0.29, 0.717) is 55.1 Å². The molecule has 2 heterocycles. The molecule has 216 valence electrons. The molecule has 13 nitrogen and oxygen atoms in total. The molecule has 0 saturated carbocycles. The molecule has 0 bridgehead atoms. The van der Waals surface area contributed by atoms with Crippen molar-refractivity contribution in [1.29, 1.82) is 0 Å². The maximum atomic E-state index is 13.6. The number of fused-ring (bicyclic) bond motifs is 1. The number of likely N-dealkylation sites (tertiary alicyclic amines) is 1. The number of ether oxygens (including phenoxy) is 3. The quantitative estimate of drug-likeness (QED) is 0.186. The average Bonchev–Trinajstić information content (AvgIpc) is 3.46. The number of nitrogens with one attached hydrogen (secondary N) is 3. The van der Waals surface area contributed by atoms with Gasteiger partial charge in [0, 0.05) is 31.9 Å². The molecule has 4 N–H and O–H groups in total. The van der Waals surface area contributed by atoms with Crippen LogP contribution < -0.4 is 19.5 Å². The Bertz CT molecular complexity index is 1430. The number of imidazole rings is 1. The third-order valence-electron chi connectivity index (χ3n) is 6.65. The summed E-state index contributed by atoms with van der Waals surface area (Å²) in [6, 6.07) is 6.87. The molecule has 0 aliphatic carbocycles. The summed E-state index contributed by atoms with van der Waals surface area (Å²) < 4.78 is 45.3. The van der Waals surface area contributed by atoms with Crippen LogP contribution in [0.4, 0.5) is 10.7 Å². The molecule has 1 aromatic heterocycles. The molecule has 4 rings (SSSR count). The molecule has 0 unspecified atom stereocenters. The molecule has 1 amide bonds. The molecule has 2 atom stereocenters. The zero-order chi connectivity index (χ0) is 28.7. The second-order valence-electron chi connectivity index (χ2n) is 9.26. The van der Waals surface area contributed by atoms with Gasteiger partial charge >= 0.3 is 6.16 Å². The average molecular weight is 576 g/mol. The molecular formula is C26H33N5O8S. The number of hydrogen-bond acceptors (Lipinski definition) is 9. The lowest BCUT2D eigenvalue weighted by Crippen LogP contribution is -2.54. The van der Waals surface area contributed by atoms with Crippen LogP contribution in [0, 0.1) is 0 Å². The Morgan fingerprint density at radius 2 is 1.90 bits per heavy atom. The minimum Gasteiger partial charge on any atom is -0.493 e. The van der Waals surface area contributed by atoms with Gasteiger partial charge in [0.25, 0.3) is 0 Å². The van der Waals surface area contributed by atoms with E-state index in [1.807, 2.05) is 0 Å². The summed E-state index contributed by atoms with van der Waals surface area (Å²) in [6.07, 6.45) is 3.05. The van der Waals surface area contributed by atoms with Crippen LogP contribution in [-0.2, 0) is 19.6 Å². The van der Waals surface area contributed by atoms with Gasteiger partial charge in [0.05, 0.1) is 19.1 Å².